The monoisotopic (exact) mass is 480 g/mol. The summed E-state index contributed by atoms with van der Waals surface area (Å²) >= 11 is 0. The number of hydrogen-bond acceptors (Lipinski definition) is 4. The number of nitrogens with zero attached hydrogens (tertiary/aromatic N) is 2. The van der Waals surface area contributed by atoms with Gasteiger partial charge in [0.1, 0.15) is 0 Å². The smallest absolute Gasteiger partial charge is 0.191 e. The van der Waals surface area contributed by atoms with E-state index in [4.69, 9.17) is 4.74 Å². The molecule has 0 aromatic heterocycles. The average Bonchev–Trinajstić information content (AvgIpc) is 3.16. The Kier molecular flexibility index (Phi) is 9.40. The number of guanidine groups is 1. The van der Waals surface area contributed by atoms with E-state index >= 15 is 0 Å². The average molecular weight is 480 g/mol. The molecule has 0 aromatic rings. The largest absolute Gasteiger partial charge is 0.388 e. The van der Waals surface area contributed by atoms with Gasteiger partial charge in [-0.05, 0) is 32.6 Å². The van der Waals surface area contributed by atoms with E-state index in [0.717, 1.165) is 18.5 Å². The summed E-state index contributed by atoms with van der Waals surface area (Å²) in [6.07, 6.45) is 9.32. The summed E-state index contributed by atoms with van der Waals surface area (Å²) < 4.78 is 5.35. The third-order valence-corrected chi connectivity index (χ3v) is 6.01. The maximum absolute atomic E-state index is 10.6. The predicted molar refractivity (Wildman–Crippen MR) is 116 cm³/mol. The molecule has 0 amide bonds. The van der Waals surface area contributed by atoms with Gasteiger partial charge in [0.15, 0.2) is 5.96 Å². The quantitative estimate of drug-likeness (QED) is 0.320. The molecule has 0 aromatic carbocycles. The van der Waals surface area contributed by atoms with Crippen LogP contribution in [0.5, 0.6) is 0 Å². The SMILES string of the molecule is CCNC(=NCC1(O)CCOCC1)NC1CCN(C2CCCC2)CC1.I. The summed E-state index contributed by atoms with van der Waals surface area (Å²) in [5.74, 6) is 0.849. The van der Waals surface area contributed by atoms with Crippen molar-refractivity contribution in [1.82, 2.24) is 15.5 Å². The molecule has 0 bridgehead atoms. The van der Waals surface area contributed by atoms with Crippen LogP contribution in [0.2, 0.25) is 0 Å². The first-order valence-electron chi connectivity index (χ1n) is 10.3. The van der Waals surface area contributed by atoms with Crippen LogP contribution in [-0.4, -0.2) is 73.0 Å². The molecule has 1 saturated carbocycles. The molecule has 7 heteroatoms. The normalized spacial score (nSPS) is 25.7. The second kappa shape index (κ2) is 11.0. The van der Waals surface area contributed by atoms with Crippen molar-refractivity contribution in [2.24, 2.45) is 4.99 Å². The molecule has 1 aliphatic carbocycles. The standard InChI is InChI=1S/C19H36N4O2.HI/c1-2-20-18(21-15-19(24)9-13-25-14-10-19)22-16-7-11-23(12-8-16)17-5-3-4-6-17;/h16-17,24H,2-15H2,1H3,(H2,20,21,22);1H. The summed E-state index contributed by atoms with van der Waals surface area (Å²) in [5.41, 5.74) is -0.702. The van der Waals surface area contributed by atoms with Crippen LogP contribution in [0.3, 0.4) is 0 Å². The Morgan fingerprint density at radius 3 is 2.42 bits per heavy atom. The highest BCUT2D eigenvalue weighted by Crippen LogP contribution is 2.26. The summed E-state index contributed by atoms with van der Waals surface area (Å²) in [7, 11) is 0. The molecule has 2 heterocycles. The van der Waals surface area contributed by atoms with E-state index in [9.17, 15) is 5.11 Å². The van der Waals surface area contributed by atoms with E-state index in [-0.39, 0.29) is 24.0 Å². The van der Waals surface area contributed by atoms with Crippen LogP contribution >= 0.6 is 24.0 Å². The lowest BCUT2D eigenvalue weighted by Gasteiger charge is -2.37. The Morgan fingerprint density at radius 1 is 1.15 bits per heavy atom. The molecule has 26 heavy (non-hydrogen) atoms. The number of piperidine rings is 1. The molecule has 3 fully saturated rings. The molecular formula is C19H37IN4O2. The highest BCUT2D eigenvalue weighted by Gasteiger charge is 2.30. The lowest BCUT2D eigenvalue weighted by atomic mass is 9.95. The van der Waals surface area contributed by atoms with Crippen LogP contribution in [0.15, 0.2) is 4.99 Å². The maximum Gasteiger partial charge on any atom is 0.191 e. The van der Waals surface area contributed by atoms with Crippen LogP contribution in [0.25, 0.3) is 0 Å². The Hall–Kier alpha value is -0.120. The van der Waals surface area contributed by atoms with Crippen molar-refractivity contribution in [3.63, 3.8) is 0 Å². The van der Waals surface area contributed by atoms with Gasteiger partial charge in [0.2, 0.25) is 0 Å². The van der Waals surface area contributed by atoms with Crippen LogP contribution in [-0.2, 0) is 4.74 Å². The maximum atomic E-state index is 10.6. The van der Waals surface area contributed by atoms with Gasteiger partial charge in [-0.15, -0.1) is 24.0 Å². The van der Waals surface area contributed by atoms with Crippen molar-refractivity contribution in [2.75, 3.05) is 39.4 Å². The number of rotatable bonds is 5. The van der Waals surface area contributed by atoms with E-state index in [1.165, 1.54) is 51.6 Å². The number of halogens is 1. The van der Waals surface area contributed by atoms with Crippen LogP contribution < -0.4 is 10.6 Å². The molecular weight excluding hydrogens is 443 g/mol. The summed E-state index contributed by atoms with van der Waals surface area (Å²) in [5, 5.41) is 17.5. The van der Waals surface area contributed by atoms with E-state index < -0.39 is 5.60 Å². The van der Waals surface area contributed by atoms with E-state index in [1.54, 1.807) is 0 Å². The van der Waals surface area contributed by atoms with E-state index in [2.05, 4.69) is 27.4 Å². The third-order valence-electron chi connectivity index (χ3n) is 6.01. The van der Waals surface area contributed by atoms with Gasteiger partial charge in [0.25, 0.3) is 0 Å². The Labute approximate surface area is 175 Å². The van der Waals surface area contributed by atoms with Crippen molar-refractivity contribution in [3.8, 4) is 0 Å². The van der Waals surface area contributed by atoms with Crippen LogP contribution in [0.1, 0.15) is 58.3 Å². The number of aliphatic hydroxyl groups is 1. The number of nitrogens with one attached hydrogen (secondary N) is 2. The van der Waals surface area contributed by atoms with Crippen molar-refractivity contribution >= 4 is 29.9 Å². The van der Waals surface area contributed by atoms with Gasteiger partial charge in [-0.1, -0.05) is 12.8 Å². The van der Waals surface area contributed by atoms with Crippen LogP contribution in [0, 0.1) is 0 Å². The van der Waals surface area contributed by atoms with Gasteiger partial charge >= 0.3 is 0 Å². The molecule has 3 rings (SSSR count). The highest BCUT2D eigenvalue weighted by atomic mass is 127. The van der Waals surface area contributed by atoms with Gasteiger partial charge in [-0.25, -0.2) is 0 Å². The molecule has 2 saturated heterocycles. The van der Waals surface area contributed by atoms with Crippen molar-refractivity contribution in [1.29, 1.82) is 0 Å². The molecule has 3 aliphatic rings. The topological polar surface area (TPSA) is 69.1 Å². The van der Waals surface area contributed by atoms with E-state index in [0.29, 0.717) is 38.6 Å². The molecule has 0 unspecified atom stereocenters. The zero-order valence-corrected chi connectivity index (χ0v) is 18.5. The molecule has 152 valence electrons. The van der Waals surface area contributed by atoms with Crippen molar-refractivity contribution in [3.05, 3.63) is 0 Å². The summed E-state index contributed by atoms with van der Waals surface area (Å²) in [6, 6.07) is 1.32. The first-order valence-corrected chi connectivity index (χ1v) is 10.3. The van der Waals surface area contributed by atoms with Gasteiger partial charge < -0.3 is 25.4 Å². The minimum atomic E-state index is -0.702. The second-order valence-electron chi connectivity index (χ2n) is 7.92. The highest BCUT2D eigenvalue weighted by molar-refractivity contribution is 14.0. The first-order chi connectivity index (χ1) is 12.2. The molecule has 2 aliphatic heterocycles. The number of hydrogen-bond donors (Lipinski definition) is 3. The molecule has 0 atom stereocenters. The lowest BCUT2D eigenvalue weighted by Crippen LogP contribution is -2.50. The fourth-order valence-electron chi connectivity index (χ4n) is 4.33. The van der Waals surface area contributed by atoms with Crippen molar-refractivity contribution < 1.29 is 9.84 Å². The third kappa shape index (κ3) is 6.49. The summed E-state index contributed by atoms with van der Waals surface area (Å²) in [6.45, 7) is 7.04. The minimum absolute atomic E-state index is 0. The van der Waals surface area contributed by atoms with Crippen molar-refractivity contribution in [2.45, 2.75) is 76.0 Å². The number of ether oxygens (including phenoxy) is 1. The summed E-state index contributed by atoms with van der Waals surface area (Å²) in [4.78, 5) is 7.37. The Bertz CT molecular complexity index is 429. The van der Waals surface area contributed by atoms with Gasteiger partial charge in [0.05, 0.1) is 12.1 Å². The zero-order chi connectivity index (χ0) is 17.5. The Balaban J connectivity index is 0.00000243. The molecule has 3 N–H and O–H groups in total. The predicted octanol–water partition coefficient (Wildman–Crippen LogP) is 2.11. The zero-order valence-electron chi connectivity index (χ0n) is 16.2. The second-order valence-corrected chi connectivity index (χ2v) is 7.92. The van der Waals surface area contributed by atoms with Gasteiger partial charge in [-0.2, -0.15) is 0 Å². The lowest BCUT2D eigenvalue weighted by molar-refractivity contribution is -0.0566. The van der Waals surface area contributed by atoms with Crippen LogP contribution in [0.4, 0.5) is 0 Å². The fraction of sp³-hybridized carbons (Fsp3) is 0.947. The number of likely N-dealkylation sites (tertiary alicyclic amines) is 1. The molecule has 0 spiro atoms. The van der Waals surface area contributed by atoms with Gasteiger partial charge in [0, 0.05) is 57.8 Å². The molecule has 0 radical (unpaired) electrons. The van der Waals surface area contributed by atoms with E-state index in [1.807, 2.05) is 0 Å². The first kappa shape index (κ1) is 22.2. The molecule has 6 nitrogen and oxygen atoms in total. The fourth-order valence-corrected chi connectivity index (χ4v) is 4.33. The number of aliphatic imine (C=N–C) groups is 1. The Morgan fingerprint density at radius 2 is 1.81 bits per heavy atom. The van der Waals surface area contributed by atoms with Gasteiger partial charge in [-0.3, -0.25) is 4.99 Å². The minimum Gasteiger partial charge on any atom is -0.388 e.